The molecule has 0 saturated heterocycles. The normalized spacial score (nSPS) is 10.4. The topological polar surface area (TPSA) is 64.9 Å². The Morgan fingerprint density at radius 1 is 1.36 bits per heavy atom. The van der Waals surface area contributed by atoms with E-state index in [4.69, 9.17) is 10.2 Å². The summed E-state index contributed by atoms with van der Waals surface area (Å²) in [6.45, 7) is 0.606. The summed E-state index contributed by atoms with van der Waals surface area (Å²) in [4.78, 5) is 8.26. The minimum atomic E-state index is 0.606. The molecule has 0 aliphatic rings. The van der Waals surface area contributed by atoms with Crippen LogP contribution in [0, 0.1) is 0 Å². The molecular weight excluding hydrogens is 178 g/mol. The molecule has 2 N–H and O–H groups in total. The van der Waals surface area contributed by atoms with Crippen LogP contribution in [0.4, 0.5) is 0 Å². The predicted molar refractivity (Wildman–Crippen MR) is 52.5 cm³/mol. The number of nitrogens with two attached hydrogens (primary N) is 1. The lowest BCUT2D eigenvalue weighted by Crippen LogP contribution is -2.04. The van der Waals surface area contributed by atoms with E-state index in [1.807, 2.05) is 12.1 Å². The zero-order chi connectivity index (χ0) is 9.80. The molecule has 0 aliphatic heterocycles. The van der Waals surface area contributed by atoms with Gasteiger partial charge in [0.25, 0.3) is 0 Å². The summed E-state index contributed by atoms with van der Waals surface area (Å²) in [6.07, 6.45) is 5.57. The maximum Gasteiger partial charge on any atom is 0.181 e. The van der Waals surface area contributed by atoms with E-state index in [-0.39, 0.29) is 0 Å². The summed E-state index contributed by atoms with van der Waals surface area (Å²) in [5, 5.41) is 0. The van der Waals surface area contributed by atoms with Crippen LogP contribution in [0.5, 0.6) is 0 Å². The molecule has 72 valence electrons. The first-order valence-electron chi connectivity index (χ1n) is 4.43. The molecule has 2 aromatic rings. The molecule has 0 spiro atoms. The highest BCUT2D eigenvalue weighted by Crippen LogP contribution is 2.16. The van der Waals surface area contributed by atoms with Crippen molar-refractivity contribution in [1.82, 2.24) is 9.97 Å². The average Bonchev–Trinajstić information content (AvgIpc) is 2.71. The summed E-state index contributed by atoms with van der Waals surface area (Å²) >= 11 is 0. The van der Waals surface area contributed by atoms with Gasteiger partial charge in [-0.1, -0.05) is 0 Å². The maximum absolute atomic E-state index is 5.46. The van der Waals surface area contributed by atoms with Gasteiger partial charge >= 0.3 is 0 Å². The zero-order valence-electron chi connectivity index (χ0n) is 7.68. The highest BCUT2D eigenvalue weighted by atomic mass is 16.3. The van der Waals surface area contributed by atoms with Gasteiger partial charge < -0.3 is 10.2 Å². The third kappa shape index (κ3) is 1.80. The van der Waals surface area contributed by atoms with Crippen LogP contribution < -0.4 is 5.73 Å². The highest BCUT2D eigenvalue weighted by molar-refractivity contribution is 5.57. The van der Waals surface area contributed by atoms with Gasteiger partial charge in [-0.2, -0.15) is 0 Å². The standard InChI is InChI=1S/C10H11N3O/c11-3-1-9-5-8(2-4-12-9)10-6-14-7-13-10/h2,4-7H,1,3,11H2. The molecule has 14 heavy (non-hydrogen) atoms. The highest BCUT2D eigenvalue weighted by Gasteiger charge is 2.01. The second-order valence-electron chi connectivity index (χ2n) is 2.95. The Morgan fingerprint density at radius 2 is 2.29 bits per heavy atom. The largest absolute Gasteiger partial charge is 0.451 e. The molecule has 0 saturated carbocycles. The van der Waals surface area contributed by atoms with Crippen LogP contribution >= 0.6 is 0 Å². The summed E-state index contributed by atoms with van der Waals surface area (Å²) in [7, 11) is 0. The second-order valence-corrected chi connectivity index (χ2v) is 2.95. The quantitative estimate of drug-likeness (QED) is 0.788. The van der Waals surface area contributed by atoms with Crippen molar-refractivity contribution in [2.75, 3.05) is 6.54 Å². The number of aromatic nitrogens is 2. The lowest BCUT2D eigenvalue weighted by Gasteiger charge is -1.99. The number of pyridine rings is 1. The monoisotopic (exact) mass is 189 g/mol. The van der Waals surface area contributed by atoms with E-state index in [1.165, 1.54) is 6.39 Å². The van der Waals surface area contributed by atoms with Crippen molar-refractivity contribution in [2.45, 2.75) is 6.42 Å². The Bertz CT molecular complexity index is 398. The minimum absolute atomic E-state index is 0.606. The number of oxazole rings is 1. The molecule has 0 aliphatic carbocycles. The zero-order valence-corrected chi connectivity index (χ0v) is 7.68. The average molecular weight is 189 g/mol. The molecule has 2 rings (SSSR count). The molecule has 0 aromatic carbocycles. The Morgan fingerprint density at radius 3 is 3.00 bits per heavy atom. The second kappa shape index (κ2) is 4.02. The van der Waals surface area contributed by atoms with Crippen molar-refractivity contribution in [2.24, 2.45) is 5.73 Å². The molecule has 0 fully saturated rings. The maximum atomic E-state index is 5.46. The molecule has 2 heterocycles. The molecule has 0 bridgehead atoms. The van der Waals surface area contributed by atoms with Crippen LogP contribution in [-0.4, -0.2) is 16.5 Å². The van der Waals surface area contributed by atoms with E-state index < -0.39 is 0 Å². The Kier molecular flexibility index (Phi) is 2.55. The fourth-order valence-corrected chi connectivity index (χ4v) is 1.28. The van der Waals surface area contributed by atoms with Crippen molar-refractivity contribution in [3.05, 3.63) is 36.7 Å². The molecule has 0 atom stereocenters. The molecule has 0 radical (unpaired) electrons. The number of rotatable bonds is 3. The van der Waals surface area contributed by atoms with Crippen LogP contribution in [0.15, 0.2) is 35.4 Å². The van der Waals surface area contributed by atoms with Crippen LogP contribution in [0.3, 0.4) is 0 Å². The van der Waals surface area contributed by atoms with Crippen LogP contribution in [0.1, 0.15) is 5.69 Å². The molecule has 0 unspecified atom stereocenters. The molecule has 0 amide bonds. The fraction of sp³-hybridized carbons (Fsp3) is 0.200. The van der Waals surface area contributed by atoms with Gasteiger partial charge in [-0.15, -0.1) is 0 Å². The Balaban J connectivity index is 2.31. The first kappa shape index (κ1) is 8.90. The van der Waals surface area contributed by atoms with Crippen molar-refractivity contribution >= 4 is 0 Å². The van der Waals surface area contributed by atoms with Gasteiger partial charge in [0.2, 0.25) is 0 Å². The molecule has 4 heteroatoms. The van der Waals surface area contributed by atoms with Crippen LogP contribution in [0.25, 0.3) is 11.3 Å². The van der Waals surface area contributed by atoms with Crippen molar-refractivity contribution in [3.63, 3.8) is 0 Å². The van der Waals surface area contributed by atoms with E-state index in [0.717, 1.165) is 23.4 Å². The van der Waals surface area contributed by atoms with Gasteiger partial charge in [-0.25, -0.2) is 4.98 Å². The fourth-order valence-electron chi connectivity index (χ4n) is 1.28. The van der Waals surface area contributed by atoms with Gasteiger partial charge in [-0.05, 0) is 18.7 Å². The molecular formula is C10H11N3O. The number of hydrogen-bond donors (Lipinski definition) is 1. The first-order valence-corrected chi connectivity index (χ1v) is 4.43. The first-order chi connectivity index (χ1) is 6.90. The number of nitrogens with zero attached hydrogens (tertiary/aromatic N) is 2. The molecule has 2 aromatic heterocycles. The summed E-state index contributed by atoms with van der Waals surface area (Å²) < 4.78 is 4.91. The summed E-state index contributed by atoms with van der Waals surface area (Å²) in [6, 6.07) is 3.88. The SMILES string of the molecule is NCCc1cc(-c2cocn2)ccn1. The summed E-state index contributed by atoms with van der Waals surface area (Å²) in [5.41, 5.74) is 8.27. The van der Waals surface area contributed by atoms with Gasteiger partial charge in [0.05, 0.1) is 0 Å². The van der Waals surface area contributed by atoms with Gasteiger partial charge in [0.15, 0.2) is 6.39 Å². The van der Waals surface area contributed by atoms with E-state index in [2.05, 4.69) is 9.97 Å². The smallest absolute Gasteiger partial charge is 0.181 e. The third-order valence-electron chi connectivity index (χ3n) is 1.95. The van der Waals surface area contributed by atoms with Gasteiger partial charge in [0, 0.05) is 23.9 Å². The van der Waals surface area contributed by atoms with Crippen molar-refractivity contribution < 1.29 is 4.42 Å². The van der Waals surface area contributed by atoms with Crippen molar-refractivity contribution in [3.8, 4) is 11.3 Å². The molecule has 4 nitrogen and oxygen atoms in total. The van der Waals surface area contributed by atoms with Crippen LogP contribution in [0.2, 0.25) is 0 Å². The van der Waals surface area contributed by atoms with E-state index in [9.17, 15) is 0 Å². The van der Waals surface area contributed by atoms with E-state index in [0.29, 0.717) is 6.54 Å². The Hall–Kier alpha value is -1.68. The van der Waals surface area contributed by atoms with E-state index in [1.54, 1.807) is 12.5 Å². The van der Waals surface area contributed by atoms with Crippen molar-refractivity contribution in [1.29, 1.82) is 0 Å². The Labute approximate surface area is 81.8 Å². The lowest BCUT2D eigenvalue weighted by atomic mass is 10.1. The van der Waals surface area contributed by atoms with Gasteiger partial charge in [-0.3, -0.25) is 4.98 Å². The van der Waals surface area contributed by atoms with Gasteiger partial charge in [0.1, 0.15) is 12.0 Å². The minimum Gasteiger partial charge on any atom is -0.451 e. The predicted octanol–water partition coefficient (Wildman–Crippen LogP) is 1.24. The van der Waals surface area contributed by atoms with E-state index >= 15 is 0 Å². The summed E-state index contributed by atoms with van der Waals surface area (Å²) in [5.74, 6) is 0. The lowest BCUT2D eigenvalue weighted by molar-refractivity contribution is 0.558. The van der Waals surface area contributed by atoms with Crippen LogP contribution in [-0.2, 0) is 6.42 Å². The third-order valence-corrected chi connectivity index (χ3v) is 1.95. The number of hydrogen-bond acceptors (Lipinski definition) is 4.